The quantitative estimate of drug-likeness (QED) is 0.625. The van der Waals surface area contributed by atoms with Crippen LogP contribution >= 0.6 is 12.2 Å². The highest BCUT2D eigenvalue weighted by Gasteiger charge is 2.34. The van der Waals surface area contributed by atoms with Crippen molar-refractivity contribution in [3.8, 4) is 0 Å². The predicted octanol–water partition coefficient (Wildman–Crippen LogP) is 2.70. The lowest BCUT2D eigenvalue weighted by Gasteiger charge is -2.14. The van der Waals surface area contributed by atoms with Crippen LogP contribution in [0.3, 0.4) is 0 Å². The van der Waals surface area contributed by atoms with Crippen molar-refractivity contribution in [2.45, 2.75) is 19.5 Å². The smallest absolute Gasteiger partial charge is 0.389 e. The maximum Gasteiger partial charge on any atom is 0.417 e. The van der Waals surface area contributed by atoms with E-state index in [2.05, 4.69) is 17.5 Å². The molecule has 4 nitrogen and oxygen atoms in total. The molecule has 0 saturated heterocycles. The Labute approximate surface area is 125 Å². The largest absolute Gasteiger partial charge is 0.417 e. The molecule has 3 N–H and O–H groups in total. The third-order valence-corrected chi connectivity index (χ3v) is 2.77. The molecule has 0 heterocycles. The number of nitrogens with two attached hydrogens (primary N) is 1. The number of hydrogen-bond donors (Lipinski definition) is 2. The summed E-state index contributed by atoms with van der Waals surface area (Å²) >= 11 is 4.59. The number of amides is 1. The second-order valence-electron chi connectivity index (χ2n) is 4.12. The number of nitrogens with one attached hydrogen (secondary N) is 1. The zero-order chi connectivity index (χ0) is 16.0. The number of ether oxygens (including phenoxy) is 1. The fourth-order valence-electron chi connectivity index (χ4n) is 1.60. The van der Waals surface area contributed by atoms with Gasteiger partial charge in [-0.05, 0) is 25.1 Å². The second kappa shape index (κ2) is 7.37. The molecule has 1 rings (SSSR count). The third-order valence-electron chi connectivity index (χ3n) is 2.55. The van der Waals surface area contributed by atoms with Gasteiger partial charge in [0.1, 0.15) is 4.99 Å². The molecule has 0 aromatic heterocycles. The Hall–Kier alpha value is -1.67. The van der Waals surface area contributed by atoms with Crippen molar-refractivity contribution in [2.24, 2.45) is 5.73 Å². The van der Waals surface area contributed by atoms with Crippen molar-refractivity contribution < 1.29 is 22.7 Å². The number of halogens is 3. The lowest BCUT2D eigenvalue weighted by molar-refractivity contribution is -0.137. The highest BCUT2D eigenvalue weighted by molar-refractivity contribution is 7.80. The van der Waals surface area contributed by atoms with Crippen LogP contribution in [0.15, 0.2) is 18.2 Å². The van der Waals surface area contributed by atoms with E-state index in [0.29, 0.717) is 6.61 Å². The number of rotatable bonds is 6. The summed E-state index contributed by atoms with van der Waals surface area (Å²) in [5.74, 6) is -0.431. The minimum absolute atomic E-state index is 0.0313. The number of alkyl halides is 3. The Morgan fingerprint density at radius 2 is 2.10 bits per heavy atom. The Morgan fingerprint density at radius 1 is 1.43 bits per heavy atom. The van der Waals surface area contributed by atoms with Gasteiger partial charge in [0.25, 0.3) is 0 Å². The molecule has 0 radical (unpaired) electrons. The van der Waals surface area contributed by atoms with E-state index < -0.39 is 17.6 Å². The number of carbonyl (C=O) groups is 1. The summed E-state index contributed by atoms with van der Waals surface area (Å²) in [4.78, 5) is 11.2. The molecule has 116 valence electrons. The lowest BCUT2D eigenvalue weighted by Crippen LogP contribution is -2.19. The highest BCUT2D eigenvalue weighted by Crippen LogP contribution is 2.33. The van der Waals surface area contributed by atoms with Gasteiger partial charge in [-0.3, -0.25) is 4.79 Å². The molecule has 0 atom stereocenters. The third kappa shape index (κ3) is 5.31. The van der Waals surface area contributed by atoms with Gasteiger partial charge < -0.3 is 15.8 Å². The van der Waals surface area contributed by atoms with Crippen molar-refractivity contribution in [3.63, 3.8) is 0 Å². The van der Waals surface area contributed by atoms with Crippen LogP contribution in [0, 0.1) is 0 Å². The van der Waals surface area contributed by atoms with Crippen LogP contribution in [0.4, 0.5) is 18.9 Å². The molecule has 1 aromatic carbocycles. The molecule has 1 aromatic rings. The first kappa shape index (κ1) is 17.4. The number of hydrogen-bond acceptors (Lipinski definition) is 3. The minimum Gasteiger partial charge on any atom is -0.389 e. The topological polar surface area (TPSA) is 64.3 Å². The zero-order valence-corrected chi connectivity index (χ0v) is 12.1. The number of thiocarbonyl (C=S) groups is 1. The first-order valence-corrected chi connectivity index (χ1v) is 6.55. The fraction of sp³-hybridized carbons (Fsp3) is 0.385. The molecule has 0 unspecified atom stereocenters. The summed E-state index contributed by atoms with van der Waals surface area (Å²) in [5.41, 5.74) is 4.05. The Morgan fingerprint density at radius 3 is 2.62 bits per heavy atom. The van der Waals surface area contributed by atoms with Gasteiger partial charge in [-0.1, -0.05) is 12.2 Å². The molecule has 0 aliphatic carbocycles. The summed E-state index contributed by atoms with van der Waals surface area (Å²) < 4.78 is 43.8. The minimum atomic E-state index is -4.61. The molecule has 0 bridgehead atoms. The predicted molar refractivity (Wildman–Crippen MR) is 77.1 cm³/mol. The van der Waals surface area contributed by atoms with E-state index >= 15 is 0 Å². The second-order valence-corrected chi connectivity index (χ2v) is 4.56. The zero-order valence-electron chi connectivity index (χ0n) is 11.3. The average Bonchev–Trinajstić information content (AvgIpc) is 2.37. The van der Waals surface area contributed by atoms with Crippen molar-refractivity contribution in [3.05, 3.63) is 29.3 Å². The molecule has 8 heteroatoms. The number of benzene rings is 1. The maximum atomic E-state index is 12.9. The summed E-state index contributed by atoms with van der Waals surface area (Å²) in [7, 11) is 0. The molecule has 1 amide bonds. The van der Waals surface area contributed by atoms with Gasteiger partial charge in [-0.25, -0.2) is 0 Å². The molecule has 0 fully saturated rings. The van der Waals surface area contributed by atoms with Gasteiger partial charge in [0.05, 0.1) is 18.6 Å². The van der Waals surface area contributed by atoms with Crippen LogP contribution < -0.4 is 11.1 Å². The molecule has 0 aliphatic heterocycles. The van der Waals surface area contributed by atoms with Crippen molar-refractivity contribution in [2.75, 3.05) is 18.5 Å². The number of anilines is 1. The molecule has 0 saturated carbocycles. The Kier molecular flexibility index (Phi) is 6.10. The van der Waals surface area contributed by atoms with E-state index in [1.807, 2.05) is 0 Å². The molecular weight excluding hydrogens is 305 g/mol. The normalized spacial score (nSPS) is 11.2. The van der Waals surface area contributed by atoms with Gasteiger partial charge in [-0.2, -0.15) is 13.2 Å². The lowest BCUT2D eigenvalue weighted by atomic mass is 10.1. The first-order valence-electron chi connectivity index (χ1n) is 6.14. The van der Waals surface area contributed by atoms with E-state index in [4.69, 9.17) is 10.5 Å². The molecule has 21 heavy (non-hydrogen) atoms. The van der Waals surface area contributed by atoms with Gasteiger partial charge in [0, 0.05) is 17.9 Å². The van der Waals surface area contributed by atoms with E-state index in [9.17, 15) is 18.0 Å². The maximum absolute atomic E-state index is 12.9. The fourth-order valence-corrected chi connectivity index (χ4v) is 1.78. The van der Waals surface area contributed by atoms with Crippen molar-refractivity contribution in [1.82, 2.24) is 0 Å². The van der Waals surface area contributed by atoms with Crippen LogP contribution in [0.25, 0.3) is 0 Å². The summed E-state index contributed by atoms with van der Waals surface area (Å²) in [6, 6.07) is 3.28. The van der Waals surface area contributed by atoms with Gasteiger partial charge in [0.2, 0.25) is 5.91 Å². The first-order chi connectivity index (χ1) is 9.75. The van der Waals surface area contributed by atoms with Crippen molar-refractivity contribution >= 4 is 28.8 Å². The molecule has 0 spiro atoms. The van der Waals surface area contributed by atoms with Crippen LogP contribution in [-0.2, 0) is 15.7 Å². The van der Waals surface area contributed by atoms with Crippen LogP contribution in [0.5, 0.6) is 0 Å². The number of carbonyl (C=O) groups excluding carboxylic acids is 1. The van der Waals surface area contributed by atoms with Gasteiger partial charge in [-0.15, -0.1) is 0 Å². The van der Waals surface area contributed by atoms with Gasteiger partial charge >= 0.3 is 6.18 Å². The van der Waals surface area contributed by atoms with Gasteiger partial charge in [0.15, 0.2) is 0 Å². The summed E-state index contributed by atoms with van der Waals surface area (Å²) in [5, 5.41) is 2.38. The van der Waals surface area contributed by atoms with Crippen LogP contribution in [0.1, 0.15) is 24.5 Å². The Balaban J connectivity index is 2.91. The standard InChI is InChI=1S/C13H15F3N2O2S/c1-2-20-6-5-11(19)18-8-3-4-9(12(17)21)10(7-8)13(14,15)16/h3-4,7H,2,5-6H2,1H3,(H2,17,21)(H,18,19). The van der Waals surface area contributed by atoms with Crippen LogP contribution in [-0.4, -0.2) is 24.1 Å². The van der Waals surface area contributed by atoms with E-state index in [0.717, 1.165) is 12.1 Å². The van der Waals surface area contributed by atoms with Crippen LogP contribution in [0.2, 0.25) is 0 Å². The molecular formula is C13H15F3N2O2S. The van der Waals surface area contributed by atoms with E-state index in [1.54, 1.807) is 6.92 Å². The van der Waals surface area contributed by atoms with E-state index in [1.165, 1.54) is 6.07 Å². The monoisotopic (exact) mass is 320 g/mol. The highest BCUT2D eigenvalue weighted by atomic mass is 32.1. The van der Waals surface area contributed by atoms with E-state index in [-0.39, 0.29) is 29.3 Å². The Bertz CT molecular complexity index is 533. The summed E-state index contributed by atoms with van der Waals surface area (Å²) in [6.45, 7) is 2.45. The van der Waals surface area contributed by atoms with Crippen molar-refractivity contribution in [1.29, 1.82) is 0 Å². The molecule has 0 aliphatic rings. The average molecular weight is 320 g/mol. The SMILES string of the molecule is CCOCCC(=O)Nc1ccc(C(N)=S)c(C(F)(F)F)c1. The summed E-state index contributed by atoms with van der Waals surface area (Å²) in [6.07, 6.45) is -4.54.